The summed E-state index contributed by atoms with van der Waals surface area (Å²) in [7, 11) is 1.79. The van der Waals surface area contributed by atoms with Crippen LogP contribution in [0, 0.1) is 12.7 Å². The van der Waals surface area contributed by atoms with E-state index in [-0.39, 0.29) is 11.7 Å². The fraction of sp³-hybridized carbons (Fsp3) is 0.136. The van der Waals surface area contributed by atoms with Crippen molar-refractivity contribution in [2.24, 2.45) is 0 Å². The molecule has 0 bridgehead atoms. The molecule has 0 aliphatic rings. The van der Waals surface area contributed by atoms with E-state index in [1.165, 1.54) is 12.1 Å². The van der Waals surface area contributed by atoms with Gasteiger partial charge in [0.1, 0.15) is 17.3 Å². The number of carbonyl (C=O) groups is 1. The topological polar surface area (TPSA) is 71.8 Å². The minimum Gasteiger partial charge on any atom is -0.373 e. The second kappa shape index (κ2) is 7.71. The van der Waals surface area contributed by atoms with Gasteiger partial charge in [0.25, 0.3) is 5.91 Å². The molecule has 0 unspecified atom stereocenters. The zero-order chi connectivity index (χ0) is 20.4. The fourth-order valence-electron chi connectivity index (χ4n) is 3.28. The average molecular weight is 389 g/mol. The number of halogens is 1. The molecule has 0 saturated heterocycles. The molecule has 6 nitrogen and oxygen atoms in total. The standard InChI is InChI=1S/C22H20FN5O/c1-14-9-21(24-2)26-12-18(14)27-22(29)20-11-16-10-17(23)3-4-19(16)28(20)13-15-5-7-25-8-6-15/h3-12H,13H2,1-2H3,(H,24,26)(H,27,29). The summed E-state index contributed by atoms with van der Waals surface area (Å²) >= 11 is 0. The van der Waals surface area contributed by atoms with Crippen molar-refractivity contribution < 1.29 is 9.18 Å². The molecule has 4 rings (SSSR count). The van der Waals surface area contributed by atoms with Gasteiger partial charge in [-0.2, -0.15) is 0 Å². The Morgan fingerprint density at radius 2 is 1.93 bits per heavy atom. The van der Waals surface area contributed by atoms with Crippen molar-refractivity contribution in [2.75, 3.05) is 17.7 Å². The predicted molar refractivity (Wildman–Crippen MR) is 112 cm³/mol. The van der Waals surface area contributed by atoms with Crippen LogP contribution >= 0.6 is 0 Å². The molecular weight excluding hydrogens is 369 g/mol. The summed E-state index contributed by atoms with van der Waals surface area (Å²) in [6, 6.07) is 11.9. The Morgan fingerprint density at radius 1 is 1.14 bits per heavy atom. The molecule has 2 N–H and O–H groups in total. The number of hydrogen-bond acceptors (Lipinski definition) is 4. The summed E-state index contributed by atoms with van der Waals surface area (Å²) in [5.41, 5.74) is 3.74. The van der Waals surface area contributed by atoms with Crippen LogP contribution < -0.4 is 10.6 Å². The van der Waals surface area contributed by atoms with Crippen LogP contribution in [0.15, 0.2) is 61.1 Å². The maximum absolute atomic E-state index is 13.7. The van der Waals surface area contributed by atoms with E-state index in [1.807, 2.05) is 29.7 Å². The predicted octanol–water partition coefficient (Wildman–Crippen LogP) is 4.22. The van der Waals surface area contributed by atoms with Crippen LogP contribution in [0.25, 0.3) is 10.9 Å². The highest BCUT2D eigenvalue weighted by Crippen LogP contribution is 2.24. The highest BCUT2D eigenvalue weighted by Gasteiger charge is 2.17. The first-order chi connectivity index (χ1) is 14.0. The largest absolute Gasteiger partial charge is 0.373 e. The minimum absolute atomic E-state index is 0.280. The lowest BCUT2D eigenvalue weighted by molar-refractivity contribution is 0.101. The highest BCUT2D eigenvalue weighted by atomic mass is 19.1. The van der Waals surface area contributed by atoms with Crippen LogP contribution in [0.5, 0.6) is 0 Å². The van der Waals surface area contributed by atoms with Crippen molar-refractivity contribution in [1.82, 2.24) is 14.5 Å². The maximum Gasteiger partial charge on any atom is 0.272 e. The van der Waals surface area contributed by atoms with Crippen LogP contribution in [-0.2, 0) is 6.54 Å². The first kappa shape index (κ1) is 18.6. The van der Waals surface area contributed by atoms with Gasteiger partial charge in [-0.1, -0.05) is 0 Å². The van der Waals surface area contributed by atoms with Crippen molar-refractivity contribution in [3.8, 4) is 0 Å². The normalized spacial score (nSPS) is 10.9. The molecule has 3 aromatic heterocycles. The third-order valence-electron chi connectivity index (χ3n) is 4.80. The van der Waals surface area contributed by atoms with E-state index < -0.39 is 0 Å². The quantitative estimate of drug-likeness (QED) is 0.536. The molecule has 1 amide bonds. The van der Waals surface area contributed by atoms with Crippen LogP contribution in [-0.4, -0.2) is 27.5 Å². The molecule has 0 radical (unpaired) electrons. The summed E-state index contributed by atoms with van der Waals surface area (Å²) in [5.74, 6) is 0.105. The van der Waals surface area contributed by atoms with Gasteiger partial charge >= 0.3 is 0 Å². The number of fused-ring (bicyclic) bond motifs is 1. The minimum atomic E-state index is -0.340. The van der Waals surface area contributed by atoms with E-state index in [1.54, 1.807) is 37.8 Å². The molecule has 0 spiro atoms. The lowest BCUT2D eigenvalue weighted by atomic mass is 10.2. The number of amides is 1. The SMILES string of the molecule is CNc1cc(C)c(NC(=O)c2cc3cc(F)ccc3n2Cc2ccncc2)cn1. The Bertz CT molecular complexity index is 1190. The summed E-state index contributed by atoms with van der Waals surface area (Å²) < 4.78 is 15.6. The molecule has 0 atom stereocenters. The number of benzene rings is 1. The van der Waals surface area contributed by atoms with Crippen LogP contribution in [0.2, 0.25) is 0 Å². The van der Waals surface area contributed by atoms with Gasteiger partial charge in [-0.3, -0.25) is 9.78 Å². The molecule has 4 aromatic rings. The first-order valence-electron chi connectivity index (χ1n) is 9.18. The van der Waals surface area contributed by atoms with E-state index in [0.29, 0.717) is 23.3 Å². The second-order valence-corrected chi connectivity index (χ2v) is 6.76. The molecule has 0 saturated carbocycles. The van der Waals surface area contributed by atoms with Crippen molar-refractivity contribution in [2.45, 2.75) is 13.5 Å². The van der Waals surface area contributed by atoms with Gasteiger partial charge in [0.15, 0.2) is 0 Å². The lowest BCUT2D eigenvalue weighted by Crippen LogP contribution is -2.18. The van der Waals surface area contributed by atoms with Gasteiger partial charge in [-0.05, 0) is 60.5 Å². The number of nitrogens with zero attached hydrogens (tertiary/aromatic N) is 3. The molecule has 0 aliphatic carbocycles. The molecule has 29 heavy (non-hydrogen) atoms. The molecule has 3 heterocycles. The molecule has 1 aromatic carbocycles. The molecule has 146 valence electrons. The number of nitrogens with one attached hydrogen (secondary N) is 2. The van der Waals surface area contributed by atoms with Gasteiger partial charge in [0.2, 0.25) is 0 Å². The monoisotopic (exact) mass is 389 g/mol. The number of anilines is 2. The van der Waals surface area contributed by atoms with Crippen LogP contribution in [0.4, 0.5) is 15.9 Å². The number of aryl methyl sites for hydroxylation is 1. The number of carbonyl (C=O) groups excluding carboxylic acids is 1. The number of aromatic nitrogens is 3. The molecule has 0 fully saturated rings. The zero-order valence-electron chi connectivity index (χ0n) is 16.1. The third-order valence-corrected chi connectivity index (χ3v) is 4.80. The number of pyridine rings is 2. The third kappa shape index (κ3) is 3.80. The van der Waals surface area contributed by atoms with E-state index >= 15 is 0 Å². The van der Waals surface area contributed by atoms with Crippen molar-refractivity contribution in [3.05, 3.63) is 83.7 Å². The van der Waals surface area contributed by atoms with Crippen molar-refractivity contribution >= 4 is 28.3 Å². The second-order valence-electron chi connectivity index (χ2n) is 6.76. The Balaban J connectivity index is 1.73. The van der Waals surface area contributed by atoms with Crippen molar-refractivity contribution in [3.63, 3.8) is 0 Å². The smallest absolute Gasteiger partial charge is 0.272 e. The number of rotatable bonds is 5. The Kier molecular flexibility index (Phi) is 4.95. The van der Waals surface area contributed by atoms with E-state index in [9.17, 15) is 9.18 Å². The zero-order valence-corrected chi connectivity index (χ0v) is 16.1. The van der Waals surface area contributed by atoms with Crippen molar-refractivity contribution in [1.29, 1.82) is 0 Å². The Hall–Kier alpha value is -3.74. The molecule has 7 heteroatoms. The summed E-state index contributed by atoms with van der Waals surface area (Å²) in [5, 5.41) is 6.57. The van der Waals surface area contributed by atoms with Gasteiger partial charge in [0.05, 0.1) is 11.9 Å². The van der Waals surface area contributed by atoms with Gasteiger partial charge < -0.3 is 15.2 Å². The van der Waals surface area contributed by atoms with Gasteiger partial charge in [-0.25, -0.2) is 9.37 Å². The van der Waals surface area contributed by atoms with Gasteiger partial charge in [0, 0.05) is 36.9 Å². The van der Waals surface area contributed by atoms with Gasteiger partial charge in [-0.15, -0.1) is 0 Å². The molecular formula is C22H20FN5O. The van der Waals surface area contributed by atoms with Crippen LogP contribution in [0.1, 0.15) is 21.6 Å². The number of hydrogen-bond donors (Lipinski definition) is 2. The maximum atomic E-state index is 13.7. The van der Waals surface area contributed by atoms with Crippen LogP contribution in [0.3, 0.4) is 0 Å². The first-order valence-corrected chi connectivity index (χ1v) is 9.18. The Morgan fingerprint density at radius 3 is 2.66 bits per heavy atom. The molecule has 0 aliphatic heterocycles. The van der Waals surface area contributed by atoms with E-state index in [0.717, 1.165) is 22.5 Å². The summed E-state index contributed by atoms with van der Waals surface area (Å²) in [6.45, 7) is 2.37. The van der Waals surface area contributed by atoms with E-state index in [2.05, 4.69) is 20.6 Å². The Labute approximate surface area is 167 Å². The summed E-state index contributed by atoms with van der Waals surface area (Å²) in [6.07, 6.45) is 5.03. The highest BCUT2D eigenvalue weighted by molar-refractivity contribution is 6.06. The average Bonchev–Trinajstić information content (AvgIpc) is 3.07. The van der Waals surface area contributed by atoms with E-state index in [4.69, 9.17) is 0 Å². The fourth-order valence-corrected chi connectivity index (χ4v) is 3.28. The summed E-state index contributed by atoms with van der Waals surface area (Å²) in [4.78, 5) is 21.4. The lowest BCUT2D eigenvalue weighted by Gasteiger charge is -2.13.